The molecule has 0 atom stereocenters. The fourth-order valence-corrected chi connectivity index (χ4v) is 2.22. The fourth-order valence-electron chi connectivity index (χ4n) is 2.22. The van der Waals surface area contributed by atoms with E-state index in [9.17, 15) is 27.2 Å². The summed E-state index contributed by atoms with van der Waals surface area (Å²) in [6.45, 7) is -1.39. The lowest BCUT2D eigenvalue weighted by Gasteiger charge is -2.22. The van der Waals surface area contributed by atoms with Crippen LogP contribution in [-0.2, 0) is 16.1 Å². The number of hydrogen-bond donors (Lipinski definition) is 1. The van der Waals surface area contributed by atoms with Crippen molar-refractivity contribution in [3.05, 3.63) is 65.2 Å². The average Bonchev–Trinajstić information content (AvgIpc) is 2.61. The Morgan fingerprint density at radius 1 is 1.04 bits per heavy atom. The quantitative estimate of drug-likeness (QED) is 0.709. The van der Waals surface area contributed by atoms with Gasteiger partial charge >= 0.3 is 5.97 Å². The minimum atomic E-state index is -1.20. The first-order valence-corrected chi connectivity index (χ1v) is 7.78. The summed E-state index contributed by atoms with van der Waals surface area (Å²) >= 11 is 0. The molecule has 0 fully saturated rings. The van der Waals surface area contributed by atoms with E-state index in [1.54, 1.807) is 0 Å². The molecule has 0 aromatic heterocycles. The van der Waals surface area contributed by atoms with Crippen molar-refractivity contribution in [1.82, 2.24) is 4.90 Å². The minimum Gasteiger partial charge on any atom is -0.481 e. The number of benzene rings is 2. The fraction of sp³-hybridized carbons (Fsp3) is 0.222. The normalized spacial score (nSPS) is 10.5. The van der Waals surface area contributed by atoms with E-state index in [4.69, 9.17) is 9.84 Å². The second-order valence-electron chi connectivity index (χ2n) is 5.54. The van der Waals surface area contributed by atoms with E-state index in [1.165, 1.54) is 12.1 Å². The molecule has 2 rings (SSSR count). The van der Waals surface area contributed by atoms with Crippen LogP contribution in [0.25, 0.3) is 0 Å². The molecule has 0 aliphatic heterocycles. The number of halogens is 4. The second-order valence-corrected chi connectivity index (χ2v) is 5.54. The van der Waals surface area contributed by atoms with Gasteiger partial charge in [-0.15, -0.1) is 0 Å². The molecular formula is C18H15F4NO4. The highest BCUT2D eigenvalue weighted by Crippen LogP contribution is 2.18. The molecule has 0 saturated heterocycles. The molecule has 0 saturated carbocycles. The van der Waals surface area contributed by atoms with Crippen molar-refractivity contribution < 1.29 is 37.0 Å². The van der Waals surface area contributed by atoms with Crippen molar-refractivity contribution in [3.8, 4) is 5.75 Å². The Morgan fingerprint density at radius 2 is 1.78 bits per heavy atom. The van der Waals surface area contributed by atoms with Crippen LogP contribution in [0.1, 0.15) is 12.0 Å². The smallest absolute Gasteiger partial charge is 0.305 e. The third kappa shape index (κ3) is 5.70. The molecule has 5 nitrogen and oxygen atoms in total. The zero-order valence-electron chi connectivity index (χ0n) is 13.9. The van der Waals surface area contributed by atoms with Gasteiger partial charge in [0.1, 0.15) is 5.82 Å². The number of carboxylic acid groups (broad SMARTS) is 1. The number of amides is 1. The van der Waals surface area contributed by atoms with Gasteiger partial charge in [0.05, 0.1) is 6.42 Å². The van der Waals surface area contributed by atoms with E-state index >= 15 is 0 Å². The van der Waals surface area contributed by atoms with Crippen LogP contribution in [-0.4, -0.2) is 35.0 Å². The highest BCUT2D eigenvalue weighted by Gasteiger charge is 2.19. The zero-order chi connectivity index (χ0) is 20.0. The van der Waals surface area contributed by atoms with Gasteiger partial charge in [-0.3, -0.25) is 9.59 Å². The molecule has 0 unspecified atom stereocenters. The Kier molecular flexibility index (Phi) is 6.75. The van der Waals surface area contributed by atoms with E-state index in [2.05, 4.69) is 0 Å². The average molecular weight is 385 g/mol. The van der Waals surface area contributed by atoms with Crippen LogP contribution in [0.4, 0.5) is 17.6 Å². The number of carbonyl (C=O) groups excluding carboxylic acids is 1. The molecule has 9 heteroatoms. The van der Waals surface area contributed by atoms with Crippen LogP contribution in [0.15, 0.2) is 36.4 Å². The number of nitrogens with zero attached hydrogens (tertiary/aromatic N) is 1. The van der Waals surface area contributed by atoms with Crippen molar-refractivity contribution in [2.75, 3.05) is 13.2 Å². The van der Waals surface area contributed by atoms with Gasteiger partial charge in [0, 0.05) is 24.7 Å². The maximum absolute atomic E-state index is 13.8. The van der Waals surface area contributed by atoms with Crippen LogP contribution in [0.3, 0.4) is 0 Å². The molecular weight excluding hydrogens is 370 g/mol. The molecule has 27 heavy (non-hydrogen) atoms. The standard InChI is InChI=1S/C18H15F4NO4/c19-12-4-5-15(14(21)8-12)27-10-16(24)23(7-6-17(25)26)9-11-2-1-3-13(20)18(11)22/h1-5,8H,6-7,9-10H2,(H,25,26). The van der Waals surface area contributed by atoms with Gasteiger partial charge in [-0.2, -0.15) is 0 Å². The van der Waals surface area contributed by atoms with Gasteiger partial charge in [-0.05, 0) is 18.2 Å². The number of hydrogen-bond acceptors (Lipinski definition) is 3. The number of aliphatic carboxylic acids is 1. The van der Waals surface area contributed by atoms with Crippen molar-refractivity contribution >= 4 is 11.9 Å². The summed E-state index contributed by atoms with van der Waals surface area (Å²) in [5, 5.41) is 8.79. The van der Waals surface area contributed by atoms with Gasteiger partial charge in [0.15, 0.2) is 29.8 Å². The van der Waals surface area contributed by atoms with Crippen molar-refractivity contribution in [3.63, 3.8) is 0 Å². The largest absolute Gasteiger partial charge is 0.481 e. The minimum absolute atomic E-state index is 0.151. The Morgan fingerprint density at radius 3 is 2.44 bits per heavy atom. The highest BCUT2D eigenvalue weighted by molar-refractivity contribution is 5.78. The predicted octanol–water partition coefficient (Wildman–Crippen LogP) is 3.13. The second kappa shape index (κ2) is 9.02. The first-order valence-electron chi connectivity index (χ1n) is 7.78. The van der Waals surface area contributed by atoms with Gasteiger partial charge in [0.25, 0.3) is 5.91 Å². The van der Waals surface area contributed by atoms with Gasteiger partial charge in [-0.1, -0.05) is 12.1 Å². The summed E-state index contributed by atoms with van der Waals surface area (Å²) in [4.78, 5) is 24.0. The Hall–Kier alpha value is -3.10. The van der Waals surface area contributed by atoms with Crippen LogP contribution in [0.5, 0.6) is 5.75 Å². The van der Waals surface area contributed by atoms with Crippen LogP contribution in [0, 0.1) is 23.3 Å². The Balaban J connectivity index is 2.10. The molecule has 2 aromatic rings. The summed E-state index contributed by atoms with van der Waals surface area (Å²) in [5.41, 5.74) is -0.151. The summed E-state index contributed by atoms with van der Waals surface area (Å²) in [5.74, 6) is -6.45. The summed E-state index contributed by atoms with van der Waals surface area (Å²) in [6.07, 6.45) is -0.437. The number of carboxylic acids is 1. The molecule has 2 aromatic carbocycles. The Labute approximate surface area is 151 Å². The number of ether oxygens (including phenoxy) is 1. The van der Waals surface area contributed by atoms with E-state index in [0.29, 0.717) is 6.07 Å². The summed E-state index contributed by atoms with van der Waals surface area (Å²) < 4.78 is 58.5. The first-order chi connectivity index (χ1) is 12.8. The maximum Gasteiger partial charge on any atom is 0.305 e. The highest BCUT2D eigenvalue weighted by atomic mass is 19.2. The predicted molar refractivity (Wildman–Crippen MR) is 85.9 cm³/mol. The van der Waals surface area contributed by atoms with Crippen molar-refractivity contribution in [2.24, 2.45) is 0 Å². The van der Waals surface area contributed by atoms with E-state index in [1.807, 2.05) is 0 Å². The van der Waals surface area contributed by atoms with Crippen LogP contribution < -0.4 is 4.74 Å². The molecule has 0 bridgehead atoms. The molecule has 0 aliphatic carbocycles. The molecule has 144 valence electrons. The van der Waals surface area contributed by atoms with Gasteiger partial charge < -0.3 is 14.7 Å². The molecule has 1 N–H and O–H groups in total. The zero-order valence-corrected chi connectivity index (χ0v) is 13.9. The lowest BCUT2D eigenvalue weighted by molar-refractivity contribution is -0.139. The van der Waals surface area contributed by atoms with E-state index in [-0.39, 0.29) is 17.9 Å². The van der Waals surface area contributed by atoms with Crippen LogP contribution >= 0.6 is 0 Å². The first kappa shape index (κ1) is 20.2. The SMILES string of the molecule is O=C(O)CCN(Cc1cccc(F)c1F)C(=O)COc1ccc(F)cc1F. The summed E-state index contributed by atoms with van der Waals surface area (Å²) in [6, 6.07) is 5.91. The van der Waals surface area contributed by atoms with Crippen LogP contribution in [0.2, 0.25) is 0 Å². The number of carbonyl (C=O) groups is 2. The maximum atomic E-state index is 13.8. The topological polar surface area (TPSA) is 66.8 Å². The van der Waals surface area contributed by atoms with Gasteiger partial charge in [0.2, 0.25) is 0 Å². The molecule has 0 radical (unpaired) electrons. The number of rotatable bonds is 8. The molecule has 0 heterocycles. The Bertz CT molecular complexity index is 844. The third-order valence-corrected chi connectivity index (χ3v) is 3.59. The van der Waals surface area contributed by atoms with Crippen molar-refractivity contribution in [2.45, 2.75) is 13.0 Å². The van der Waals surface area contributed by atoms with E-state index in [0.717, 1.165) is 23.1 Å². The molecule has 0 spiro atoms. The molecule has 1 amide bonds. The lowest BCUT2D eigenvalue weighted by atomic mass is 10.2. The van der Waals surface area contributed by atoms with Crippen molar-refractivity contribution in [1.29, 1.82) is 0 Å². The summed E-state index contributed by atoms with van der Waals surface area (Å²) in [7, 11) is 0. The van der Waals surface area contributed by atoms with E-state index < -0.39 is 54.7 Å². The third-order valence-electron chi connectivity index (χ3n) is 3.59. The lowest BCUT2D eigenvalue weighted by Crippen LogP contribution is -2.36. The van der Waals surface area contributed by atoms with Gasteiger partial charge in [-0.25, -0.2) is 17.6 Å². The molecule has 0 aliphatic rings. The monoisotopic (exact) mass is 385 g/mol.